The Morgan fingerprint density at radius 2 is 2.00 bits per heavy atom. The highest BCUT2D eigenvalue weighted by Gasteiger charge is 2.48. The molecule has 3 atom stereocenters. The maximum Gasteiger partial charge on any atom is 0.262 e. The molecule has 4 aliphatic rings. The van der Waals surface area contributed by atoms with Crippen LogP contribution in [0.1, 0.15) is 38.5 Å². The molecule has 3 saturated heterocycles. The van der Waals surface area contributed by atoms with Crippen molar-refractivity contribution in [1.29, 1.82) is 0 Å². The van der Waals surface area contributed by atoms with Crippen LogP contribution in [0.3, 0.4) is 0 Å². The van der Waals surface area contributed by atoms with Crippen LogP contribution >= 0.6 is 0 Å². The van der Waals surface area contributed by atoms with Gasteiger partial charge in [-0.3, -0.25) is 14.9 Å². The molecule has 0 bridgehead atoms. The molecule has 0 radical (unpaired) electrons. The molecule has 7 heteroatoms. The number of fused-ring (bicyclic) bond motifs is 1. The second-order valence-electron chi connectivity index (χ2n) is 7.46. The predicted octanol–water partition coefficient (Wildman–Crippen LogP) is 0.985. The number of alkyl halides is 2. The van der Waals surface area contributed by atoms with Crippen LogP contribution < -0.4 is 5.32 Å². The standard InChI is InChI=1S/C16H23F2N3O2/c17-16(18)7-12(19-9-16)15(23)20-6-5-13-10(8-20)1-4-14(22)21(13)11-2-3-11/h10-13,19H,1-9H2. The fourth-order valence-corrected chi connectivity index (χ4v) is 4.43. The fourth-order valence-electron chi connectivity index (χ4n) is 4.43. The molecule has 0 aromatic heterocycles. The molecule has 1 saturated carbocycles. The van der Waals surface area contributed by atoms with Gasteiger partial charge in [0.1, 0.15) is 0 Å². The Morgan fingerprint density at radius 3 is 2.65 bits per heavy atom. The molecule has 0 spiro atoms. The fraction of sp³-hybridized carbons (Fsp3) is 0.875. The van der Waals surface area contributed by atoms with Crippen LogP contribution in [0.15, 0.2) is 0 Å². The van der Waals surface area contributed by atoms with Gasteiger partial charge in [0.05, 0.1) is 12.6 Å². The summed E-state index contributed by atoms with van der Waals surface area (Å²) >= 11 is 0. The molecule has 23 heavy (non-hydrogen) atoms. The first kappa shape index (κ1) is 15.3. The topological polar surface area (TPSA) is 52.7 Å². The Hall–Kier alpha value is -1.24. The normalized spacial score (nSPS) is 37.0. The zero-order valence-corrected chi connectivity index (χ0v) is 13.1. The minimum atomic E-state index is -2.78. The number of piperidine rings is 2. The van der Waals surface area contributed by atoms with E-state index in [-0.39, 0.29) is 17.9 Å². The minimum absolute atomic E-state index is 0.199. The number of hydrogen-bond acceptors (Lipinski definition) is 3. The number of likely N-dealkylation sites (tertiary alicyclic amines) is 2. The van der Waals surface area contributed by atoms with Gasteiger partial charge in [-0.15, -0.1) is 0 Å². The number of amides is 2. The van der Waals surface area contributed by atoms with Crippen LogP contribution in [0.2, 0.25) is 0 Å². The summed E-state index contributed by atoms with van der Waals surface area (Å²) in [6, 6.07) is -0.107. The van der Waals surface area contributed by atoms with E-state index in [9.17, 15) is 18.4 Å². The first-order valence-corrected chi connectivity index (χ1v) is 8.66. The Kier molecular flexibility index (Phi) is 3.59. The zero-order chi connectivity index (χ0) is 16.2. The Labute approximate surface area is 134 Å². The molecule has 3 aliphatic heterocycles. The van der Waals surface area contributed by atoms with Crippen molar-refractivity contribution in [3.63, 3.8) is 0 Å². The van der Waals surface area contributed by atoms with Crippen LogP contribution in [0.5, 0.6) is 0 Å². The van der Waals surface area contributed by atoms with E-state index in [1.54, 1.807) is 4.90 Å². The molecule has 128 valence electrons. The first-order valence-electron chi connectivity index (χ1n) is 8.66. The first-order chi connectivity index (χ1) is 10.9. The third-order valence-electron chi connectivity index (χ3n) is 5.73. The van der Waals surface area contributed by atoms with Crippen LogP contribution in [-0.4, -0.2) is 65.3 Å². The highest BCUT2D eigenvalue weighted by Crippen LogP contribution is 2.39. The van der Waals surface area contributed by atoms with E-state index in [1.165, 1.54) is 0 Å². The molecule has 2 amide bonds. The van der Waals surface area contributed by atoms with E-state index in [2.05, 4.69) is 10.2 Å². The van der Waals surface area contributed by atoms with Gasteiger partial charge in [0.25, 0.3) is 5.92 Å². The van der Waals surface area contributed by atoms with Gasteiger partial charge in [0, 0.05) is 38.0 Å². The van der Waals surface area contributed by atoms with E-state index in [0.717, 1.165) is 25.7 Å². The molecular weight excluding hydrogens is 304 g/mol. The Morgan fingerprint density at radius 1 is 1.22 bits per heavy atom. The number of carbonyl (C=O) groups is 2. The lowest BCUT2D eigenvalue weighted by Gasteiger charge is -2.47. The van der Waals surface area contributed by atoms with Crippen LogP contribution in [-0.2, 0) is 9.59 Å². The lowest BCUT2D eigenvalue weighted by atomic mass is 9.83. The third-order valence-corrected chi connectivity index (χ3v) is 5.73. The molecule has 0 aromatic carbocycles. The zero-order valence-electron chi connectivity index (χ0n) is 13.1. The van der Waals surface area contributed by atoms with Gasteiger partial charge in [0.2, 0.25) is 11.8 Å². The molecular formula is C16H23F2N3O2. The number of halogens is 2. The maximum atomic E-state index is 13.3. The average molecular weight is 327 g/mol. The Balaban J connectivity index is 1.41. The van der Waals surface area contributed by atoms with Gasteiger partial charge in [0.15, 0.2) is 0 Å². The molecule has 4 rings (SSSR count). The number of nitrogens with one attached hydrogen (secondary N) is 1. The monoisotopic (exact) mass is 327 g/mol. The van der Waals surface area contributed by atoms with E-state index in [4.69, 9.17) is 0 Å². The van der Waals surface area contributed by atoms with Crippen LogP contribution in [0, 0.1) is 5.92 Å². The quantitative estimate of drug-likeness (QED) is 0.823. The third kappa shape index (κ3) is 2.84. The second kappa shape index (κ2) is 5.40. The molecule has 3 unspecified atom stereocenters. The van der Waals surface area contributed by atoms with Gasteiger partial charge in [-0.05, 0) is 31.6 Å². The van der Waals surface area contributed by atoms with Crippen molar-refractivity contribution in [3.8, 4) is 0 Å². The summed E-state index contributed by atoms with van der Waals surface area (Å²) in [6.45, 7) is 0.761. The summed E-state index contributed by atoms with van der Waals surface area (Å²) in [5, 5.41) is 2.65. The number of nitrogens with zero attached hydrogens (tertiary/aromatic N) is 2. The van der Waals surface area contributed by atoms with Gasteiger partial charge in [-0.25, -0.2) is 8.78 Å². The van der Waals surface area contributed by atoms with E-state index in [1.807, 2.05) is 0 Å². The summed E-state index contributed by atoms with van der Waals surface area (Å²) in [7, 11) is 0. The molecule has 4 fully saturated rings. The van der Waals surface area contributed by atoms with Crippen molar-refractivity contribution in [2.24, 2.45) is 5.92 Å². The van der Waals surface area contributed by atoms with Crippen LogP contribution in [0.4, 0.5) is 8.78 Å². The number of carbonyl (C=O) groups excluding carboxylic acids is 2. The van der Waals surface area contributed by atoms with Crippen LogP contribution in [0.25, 0.3) is 0 Å². The van der Waals surface area contributed by atoms with Gasteiger partial charge >= 0.3 is 0 Å². The van der Waals surface area contributed by atoms with Gasteiger partial charge in [-0.1, -0.05) is 0 Å². The van der Waals surface area contributed by atoms with E-state index < -0.39 is 24.9 Å². The molecule has 0 aromatic rings. The summed E-state index contributed by atoms with van der Waals surface area (Å²) < 4.78 is 26.6. The largest absolute Gasteiger partial charge is 0.341 e. The second-order valence-corrected chi connectivity index (χ2v) is 7.46. The minimum Gasteiger partial charge on any atom is -0.341 e. The Bertz CT molecular complexity index is 523. The van der Waals surface area contributed by atoms with Crippen molar-refractivity contribution in [3.05, 3.63) is 0 Å². The lowest BCUT2D eigenvalue weighted by molar-refractivity contribution is -0.145. The van der Waals surface area contributed by atoms with Gasteiger partial charge < -0.3 is 9.80 Å². The lowest BCUT2D eigenvalue weighted by Crippen LogP contribution is -2.59. The number of hydrogen-bond donors (Lipinski definition) is 1. The molecule has 3 heterocycles. The highest BCUT2D eigenvalue weighted by molar-refractivity contribution is 5.83. The van der Waals surface area contributed by atoms with Crippen molar-refractivity contribution >= 4 is 11.8 Å². The average Bonchev–Trinajstić information content (AvgIpc) is 3.28. The van der Waals surface area contributed by atoms with Crippen molar-refractivity contribution in [1.82, 2.24) is 15.1 Å². The molecule has 1 aliphatic carbocycles. The summed E-state index contributed by atoms with van der Waals surface area (Å²) in [6.07, 6.45) is 3.94. The molecule has 1 N–H and O–H groups in total. The van der Waals surface area contributed by atoms with E-state index in [0.29, 0.717) is 31.5 Å². The molecule has 5 nitrogen and oxygen atoms in total. The van der Waals surface area contributed by atoms with Crippen molar-refractivity contribution in [2.45, 2.75) is 62.6 Å². The smallest absolute Gasteiger partial charge is 0.262 e. The SMILES string of the molecule is O=C(C1CC(F)(F)CN1)N1CCC2C(CCC(=O)N2C2CC2)C1. The summed E-state index contributed by atoms with van der Waals surface area (Å²) in [5.74, 6) is -2.42. The van der Waals surface area contributed by atoms with E-state index >= 15 is 0 Å². The maximum absolute atomic E-state index is 13.3. The van der Waals surface area contributed by atoms with Crippen molar-refractivity contribution < 1.29 is 18.4 Å². The highest BCUT2D eigenvalue weighted by atomic mass is 19.3. The summed E-state index contributed by atoms with van der Waals surface area (Å²) in [4.78, 5) is 28.5. The number of rotatable bonds is 2. The predicted molar refractivity (Wildman–Crippen MR) is 78.9 cm³/mol. The van der Waals surface area contributed by atoms with Crippen molar-refractivity contribution in [2.75, 3.05) is 19.6 Å². The summed E-state index contributed by atoms with van der Waals surface area (Å²) in [5.41, 5.74) is 0. The van der Waals surface area contributed by atoms with Gasteiger partial charge in [-0.2, -0.15) is 0 Å².